The predicted octanol–water partition coefficient (Wildman–Crippen LogP) is 3.82. The summed E-state index contributed by atoms with van der Waals surface area (Å²) in [7, 11) is 0. The zero-order valence-corrected chi connectivity index (χ0v) is 14.4. The van der Waals surface area contributed by atoms with Crippen LogP contribution in [0, 0.1) is 29.0 Å². The van der Waals surface area contributed by atoms with Gasteiger partial charge in [-0.25, -0.2) is 4.39 Å². The van der Waals surface area contributed by atoms with E-state index >= 15 is 0 Å². The molecule has 4 nitrogen and oxygen atoms in total. The van der Waals surface area contributed by atoms with Gasteiger partial charge in [-0.3, -0.25) is 4.79 Å². The lowest BCUT2D eigenvalue weighted by atomic mass is 9.71. The van der Waals surface area contributed by atoms with Crippen LogP contribution >= 0.6 is 0 Å². The zero-order chi connectivity index (χ0) is 17.7. The number of ether oxygens (including phenoxy) is 2. The molecule has 130 valence electrons. The van der Waals surface area contributed by atoms with Crippen LogP contribution in [-0.4, -0.2) is 24.8 Å². The van der Waals surface area contributed by atoms with Crippen LogP contribution in [0.4, 0.5) is 4.39 Å². The van der Waals surface area contributed by atoms with E-state index in [4.69, 9.17) is 9.47 Å². The number of benzene rings is 1. The molecule has 1 aliphatic rings. The van der Waals surface area contributed by atoms with E-state index in [0.29, 0.717) is 6.61 Å². The molecule has 0 saturated carbocycles. The Balaban J connectivity index is 2.38. The molecule has 1 aliphatic heterocycles. The van der Waals surface area contributed by atoms with Crippen molar-refractivity contribution in [1.29, 1.82) is 5.26 Å². The third-order valence-electron chi connectivity index (χ3n) is 4.54. The van der Waals surface area contributed by atoms with Gasteiger partial charge in [-0.2, -0.15) is 5.26 Å². The summed E-state index contributed by atoms with van der Waals surface area (Å²) in [6, 6.07) is 8.17. The highest BCUT2D eigenvalue weighted by Crippen LogP contribution is 2.42. The smallest absolute Gasteiger partial charge is 0.323 e. The number of hydrogen-bond acceptors (Lipinski definition) is 4. The molecule has 0 amide bonds. The monoisotopic (exact) mass is 333 g/mol. The minimum Gasteiger partial charge on any atom is -0.465 e. The van der Waals surface area contributed by atoms with Crippen LogP contribution in [0.25, 0.3) is 0 Å². The molecule has 0 aliphatic carbocycles. The molecule has 1 fully saturated rings. The van der Waals surface area contributed by atoms with Gasteiger partial charge in [0.05, 0.1) is 18.3 Å². The van der Waals surface area contributed by atoms with E-state index in [0.717, 1.165) is 18.4 Å². The van der Waals surface area contributed by atoms with Gasteiger partial charge < -0.3 is 9.47 Å². The van der Waals surface area contributed by atoms with Crippen LogP contribution in [0.2, 0.25) is 0 Å². The maximum atomic E-state index is 13.3. The summed E-state index contributed by atoms with van der Waals surface area (Å²) in [6.45, 7) is 6.54. The normalized spacial score (nSPS) is 22.2. The zero-order valence-electron chi connectivity index (χ0n) is 14.4. The van der Waals surface area contributed by atoms with Crippen LogP contribution in [0.1, 0.15) is 45.1 Å². The van der Waals surface area contributed by atoms with Crippen molar-refractivity contribution >= 4 is 5.97 Å². The van der Waals surface area contributed by atoms with Crippen molar-refractivity contribution in [3.63, 3.8) is 0 Å². The lowest BCUT2D eigenvalue weighted by molar-refractivity contribution is -0.148. The number of nitrogens with zero attached hydrogens (tertiary/aromatic N) is 1. The maximum Gasteiger partial charge on any atom is 0.323 e. The van der Waals surface area contributed by atoms with Crippen LogP contribution in [0.3, 0.4) is 0 Å². The Bertz CT molecular complexity index is 606. The van der Waals surface area contributed by atoms with E-state index in [1.165, 1.54) is 12.1 Å². The van der Waals surface area contributed by atoms with Crippen LogP contribution in [0.5, 0.6) is 0 Å². The first kappa shape index (κ1) is 18.4. The molecule has 5 heteroatoms. The summed E-state index contributed by atoms with van der Waals surface area (Å²) in [5, 5.41) is 9.61. The quantitative estimate of drug-likeness (QED) is 0.769. The molecule has 1 aromatic carbocycles. The molecule has 3 atom stereocenters. The molecule has 0 N–H and O–H groups in total. The molecule has 24 heavy (non-hydrogen) atoms. The van der Waals surface area contributed by atoms with Gasteiger partial charge in [0.15, 0.2) is 5.92 Å². The first-order valence-corrected chi connectivity index (χ1v) is 8.33. The molecule has 0 radical (unpaired) electrons. The van der Waals surface area contributed by atoms with Gasteiger partial charge in [0.2, 0.25) is 0 Å². The predicted molar refractivity (Wildman–Crippen MR) is 87.6 cm³/mol. The van der Waals surface area contributed by atoms with Crippen molar-refractivity contribution in [2.24, 2.45) is 11.8 Å². The maximum absolute atomic E-state index is 13.3. The Hall–Kier alpha value is -1.93. The standard InChI is InChI=1S/C19H24FNO3/c1-4-23-18(22)16(12-21)17(13-5-7-15(20)8-6-13)14-9-10-24-19(2,3)11-14/h5-8,14,16-17H,4,9-11H2,1-3H3/t14-,16+,17-/m1/s1. The molecule has 0 spiro atoms. The number of carbonyl (C=O) groups is 1. The number of rotatable bonds is 5. The topological polar surface area (TPSA) is 59.3 Å². The second kappa shape index (κ2) is 7.76. The molecule has 0 bridgehead atoms. The van der Waals surface area contributed by atoms with Gasteiger partial charge in [0, 0.05) is 12.5 Å². The lowest BCUT2D eigenvalue weighted by Gasteiger charge is -2.40. The van der Waals surface area contributed by atoms with Crippen molar-refractivity contribution in [2.75, 3.05) is 13.2 Å². The largest absolute Gasteiger partial charge is 0.465 e. The second-order valence-electron chi connectivity index (χ2n) is 6.80. The van der Waals surface area contributed by atoms with E-state index in [1.54, 1.807) is 19.1 Å². The highest BCUT2D eigenvalue weighted by Gasteiger charge is 2.41. The second-order valence-corrected chi connectivity index (χ2v) is 6.80. The van der Waals surface area contributed by atoms with Crippen molar-refractivity contribution in [3.8, 4) is 6.07 Å². The molecule has 2 rings (SSSR count). The van der Waals surface area contributed by atoms with Gasteiger partial charge in [-0.15, -0.1) is 0 Å². The van der Waals surface area contributed by atoms with Crippen molar-refractivity contribution in [2.45, 2.75) is 45.1 Å². The lowest BCUT2D eigenvalue weighted by Crippen LogP contribution is -2.39. The highest BCUT2D eigenvalue weighted by atomic mass is 19.1. The summed E-state index contributed by atoms with van der Waals surface area (Å²) >= 11 is 0. The van der Waals surface area contributed by atoms with Crippen molar-refractivity contribution in [3.05, 3.63) is 35.6 Å². The molecular formula is C19H24FNO3. The van der Waals surface area contributed by atoms with E-state index in [-0.39, 0.29) is 29.9 Å². The van der Waals surface area contributed by atoms with Crippen LogP contribution in [0.15, 0.2) is 24.3 Å². The SMILES string of the molecule is CCOC(=O)[C@@H](C#N)[C@H](c1ccc(F)cc1)[C@@H]1CCOC(C)(C)C1. The van der Waals surface area contributed by atoms with Gasteiger partial charge in [0.1, 0.15) is 5.82 Å². The molecule has 1 heterocycles. The van der Waals surface area contributed by atoms with Gasteiger partial charge in [0.25, 0.3) is 0 Å². The number of carbonyl (C=O) groups excluding carboxylic acids is 1. The third kappa shape index (κ3) is 4.33. The minimum absolute atomic E-state index is 0.0910. The number of esters is 1. The average Bonchev–Trinajstić information content (AvgIpc) is 2.52. The molecule has 1 aromatic rings. The third-order valence-corrected chi connectivity index (χ3v) is 4.54. The van der Waals surface area contributed by atoms with Gasteiger partial charge >= 0.3 is 5.97 Å². The summed E-state index contributed by atoms with van der Waals surface area (Å²) in [5.41, 5.74) is 0.481. The van der Waals surface area contributed by atoms with Crippen LogP contribution < -0.4 is 0 Å². The first-order valence-electron chi connectivity index (χ1n) is 8.33. The van der Waals surface area contributed by atoms with E-state index < -0.39 is 11.9 Å². The Labute approximate surface area is 142 Å². The number of hydrogen-bond donors (Lipinski definition) is 0. The summed E-state index contributed by atoms with van der Waals surface area (Å²) in [5.74, 6) is -2.01. The molecule has 0 unspecified atom stereocenters. The molecule has 0 aromatic heterocycles. The fraction of sp³-hybridized carbons (Fsp3) is 0.579. The fourth-order valence-corrected chi connectivity index (χ4v) is 3.52. The fourth-order valence-electron chi connectivity index (χ4n) is 3.52. The summed E-state index contributed by atoms with van der Waals surface area (Å²) in [6.07, 6.45) is 1.48. The van der Waals surface area contributed by atoms with Gasteiger partial charge in [-0.05, 0) is 57.2 Å². The Morgan fingerprint density at radius 2 is 2.12 bits per heavy atom. The van der Waals surface area contributed by atoms with E-state index in [1.807, 2.05) is 13.8 Å². The summed E-state index contributed by atoms with van der Waals surface area (Å²) in [4.78, 5) is 12.3. The van der Waals surface area contributed by atoms with Crippen LogP contribution in [-0.2, 0) is 14.3 Å². The molecular weight excluding hydrogens is 309 g/mol. The highest BCUT2D eigenvalue weighted by molar-refractivity contribution is 5.76. The number of halogens is 1. The Kier molecular flexibility index (Phi) is 5.95. The minimum atomic E-state index is -0.908. The van der Waals surface area contributed by atoms with Gasteiger partial charge in [-0.1, -0.05) is 12.1 Å². The van der Waals surface area contributed by atoms with Crippen molar-refractivity contribution < 1.29 is 18.7 Å². The van der Waals surface area contributed by atoms with Crippen molar-refractivity contribution in [1.82, 2.24) is 0 Å². The Morgan fingerprint density at radius 1 is 1.46 bits per heavy atom. The first-order chi connectivity index (χ1) is 11.4. The summed E-state index contributed by atoms with van der Waals surface area (Å²) < 4.78 is 24.2. The van der Waals surface area contributed by atoms with E-state index in [2.05, 4.69) is 6.07 Å². The molecule has 1 saturated heterocycles. The Morgan fingerprint density at radius 3 is 2.67 bits per heavy atom. The average molecular weight is 333 g/mol. The number of nitriles is 1. The van der Waals surface area contributed by atoms with E-state index in [9.17, 15) is 14.4 Å².